The second-order valence-corrected chi connectivity index (χ2v) is 41.5. The van der Waals surface area contributed by atoms with Gasteiger partial charge in [0.15, 0.2) is 48.2 Å². The number of benzene rings is 1. The minimum Gasteiger partial charge on any atom is -0.462 e. The Hall–Kier alpha value is -7.17. The lowest BCUT2D eigenvalue weighted by molar-refractivity contribution is -0.318. The van der Waals surface area contributed by atoms with Crippen molar-refractivity contribution in [3.05, 3.63) is 155 Å². The summed E-state index contributed by atoms with van der Waals surface area (Å²) in [5, 5.41) is 77.3. The first-order chi connectivity index (χ1) is 67.1. The van der Waals surface area contributed by atoms with Crippen LogP contribution in [0.25, 0.3) is 11.1 Å². The molecule has 15 aliphatic rings. The summed E-state index contributed by atoms with van der Waals surface area (Å²) in [4.78, 5) is 31.4. The molecule has 2 aliphatic carbocycles. The molecule has 17 rings (SSSR count). The van der Waals surface area contributed by atoms with Gasteiger partial charge in [0.1, 0.15) is 90.1 Å². The number of nitrogens with one attached hydrogen (secondary N) is 1. The molecule has 0 amide bonds. The van der Waals surface area contributed by atoms with E-state index in [4.69, 9.17) is 100.0 Å². The Labute approximate surface area is 825 Å². The van der Waals surface area contributed by atoms with Crippen molar-refractivity contribution >= 4 is 11.9 Å². The van der Waals surface area contributed by atoms with Crippen LogP contribution in [0.15, 0.2) is 149 Å². The number of hydrogen-bond acceptors (Lipinski definition) is 31. The highest BCUT2D eigenvalue weighted by Crippen LogP contribution is 2.53. The van der Waals surface area contributed by atoms with Crippen LogP contribution in [0.5, 0.6) is 11.5 Å². The van der Waals surface area contributed by atoms with Crippen molar-refractivity contribution in [1.29, 1.82) is 5.26 Å². The van der Waals surface area contributed by atoms with Gasteiger partial charge in [-0.15, -0.1) is 8.78 Å². The molecule has 1 aromatic heterocycles. The van der Waals surface area contributed by atoms with Gasteiger partial charge >= 0.3 is 18.2 Å². The van der Waals surface area contributed by atoms with Crippen LogP contribution in [0.2, 0.25) is 0 Å². The highest BCUT2D eigenvalue weighted by atomic mass is 19.3. The number of carbonyl (C=O) groups is 2. The number of nitrogens with zero attached hydrogens (tertiary/aromatic N) is 1. The average Bonchev–Trinajstić information content (AvgIpc) is 1.61. The molecule has 2 spiro atoms. The van der Waals surface area contributed by atoms with Crippen molar-refractivity contribution in [3.8, 4) is 28.7 Å². The second kappa shape index (κ2) is 45.3. The maximum atomic E-state index is 14.3. The highest BCUT2D eigenvalue weighted by Gasteiger charge is 2.63. The number of hydrogen-bond donors (Lipinski definition) is 7. The molecule has 14 heterocycles. The summed E-state index contributed by atoms with van der Waals surface area (Å²) < 4.78 is 162. The van der Waals surface area contributed by atoms with Gasteiger partial charge in [-0.25, -0.2) is 0 Å². The van der Waals surface area contributed by atoms with E-state index >= 15 is 0 Å². The van der Waals surface area contributed by atoms with Crippen LogP contribution in [0, 0.1) is 58.7 Å². The zero-order valence-corrected chi connectivity index (χ0v) is 84.6. The Bertz CT molecular complexity index is 5020. The SMILES string of the molecule is CC[C@H](C)[C@H]1O[C@]2(C=C[C@@H]1C)C[C@@H]1C[C@@H](C/C=C(\C)[C@@H](O[C@H]3C[C@H](OC)[C@@H](O[C@H]4C[C@H](OC)[C@@H](O)[C@H](C)O4)[C@H](C)O3)[C@@H](C)/C=C/C=C3\CO[C@@H]4[C@H](O)C(C)=C[C@@H](C(=O)O1)[C@]34O)O2.CO[C@H]1C[C@H](O[C@H]2[C@H](C)O[C@@H](O[C@@H]3/C(C)=C/C[C@@H]4C[C@@H](C[C@]5(C=C[C@H](C)[C@@H](C(C)C)O5)O4)OC(=O)[C@@H]4C=C(C)[C@@H](O)[C@H]5OC/C(=C\C=C\[C@@H]3C)[C@]54O)C[C@@H]2OC)O[C@@H](C)[C@@H]1O.N#Cc1c[nH]cc1-c1cccc2c1OC(F)(F)O2. The van der Waals surface area contributed by atoms with Crippen LogP contribution < -0.4 is 9.47 Å². The van der Waals surface area contributed by atoms with Crippen LogP contribution in [-0.4, -0.2) is 290 Å². The van der Waals surface area contributed by atoms with Gasteiger partial charge in [-0.3, -0.25) is 9.59 Å². The molecule has 8 fully saturated rings. The first kappa shape index (κ1) is 108. The van der Waals surface area contributed by atoms with E-state index in [2.05, 4.69) is 94.2 Å². The van der Waals surface area contributed by atoms with Gasteiger partial charge in [0, 0.05) is 127 Å². The van der Waals surface area contributed by atoms with Crippen molar-refractivity contribution in [3.63, 3.8) is 0 Å². The van der Waals surface area contributed by atoms with Gasteiger partial charge in [-0.1, -0.05) is 147 Å². The number of methoxy groups -OCH3 is 4. The van der Waals surface area contributed by atoms with Gasteiger partial charge in [-0.2, -0.15) is 5.26 Å². The lowest BCUT2D eigenvalue weighted by atomic mass is 9.71. The maximum absolute atomic E-state index is 14.3. The summed E-state index contributed by atoms with van der Waals surface area (Å²) in [6.45, 7) is 32.1. The van der Waals surface area contributed by atoms with Crippen LogP contribution >= 0.6 is 0 Å². The Morgan fingerprint density at radius 2 is 0.950 bits per heavy atom. The molecule has 34 heteroatoms. The predicted molar refractivity (Wildman–Crippen MR) is 507 cm³/mol. The van der Waals surface area contributed by atoms with E-state index in [1.807, 2.05) is 70.2 Å². The number of esters is 2. The van der Waals surface area contributed by atoms with E-state index < -0.39 is 188 Å². The summed E-state index contributed by atoms with van der Waals surface area (Å²) in [6, 6.07) is 6.51. The summed E-state index contributed by atoms with van der Waals surface area (Å²) in [6.07, 6.45) is 15.5. The zero-order chi connectivity index (χ0) is 101. The van der Waals surface area contributed by atoms with E-state index in [-0.39, 0.29) is 96.8 Å². The Balaban J connectivity index is 0.000000180. The number of aromatic nitrogens is 1. The third-order valence-electron chi connectivity index (χ3n) is 31.0. The topological polar surface area (TPSA) is 398 Å². The van der Waals surface area contributed by atoms with Gasteiger partial charge in [-0.05, 0) is 132 Å². The second-order valence-electron chi connectivity index (χ2n) is 41.5. The summed E-state index contributed by atoms with van der Waals surface area (Å²) in [5.41, 5.74) is 1.50. The van der Waals surface area contributed by atoms with E-state index in [9.17, 15) is 49.0 Å². The Morgan fingerprint density at radius 3 is 1.39 bits per heavy atom. The molecule has 780 valence electrons. The molecular weight excluding hydrogens is 1830 g/mol. The summed E-state index contributed by atoms with van der Waals surface area (Å²) >= 11 is 0. The van der Waals surface area contributed by atoms with Gasteiger partial charge in [0.05, 0.1) is 104 Å². The number of ether oxygens (including phenoxy) is 22. The lowest BCUT2D eigenvalue weighted by Crippen LogP contribution is -2.58. The van der Waals surface area contributed by atoms with Crippen LogP contribution in [0.4, 0.5) is 8.78 Å². The van der Waals surface area contributed by atoms with Crippen molar-refractivity contribution < 1.29 is 153 Å². The van der Waals surface area contributed by atoms with Crippen LogP contribution in [0.1, 0.15) is 187 Å². The number of fused-ring (bicyclic) bond motifs is 5. The number of rotatable bonds is 16. The van der Waals surface area contributed by atoms with Gasteiger partial charge in [0.25, 0.3) is 0 Å². The molecule has 4 bridgehead atoms. The number of allylic oxidation sites excluding steroid dienone is 4. The van der Waals surface area contributed by atoms with Gasteiger partial charge in [0.2, 0.25) is 0 Å². The number of halogens is 2. The number of H-pyrrole nitrogens is 1. The molecule has 1 aromatic carbocycles. The van der Waals surface area contributed by atoms with E-state index in [0.29, 0.717) is 103 Å². The summed E-state index contributed by atoms with van der Waals surface area (Å²) in [5.74, 6) is -5.28. The minimum absolute atomic E-state index is 0.0313. The van der Waals surface area contributed by atoms with E-state index in [1.165, 1.54) is 12.3 Å². The molecule has 39 atom stereocenters. The maximum Gasteiger partial charge on any atom is 0.586 e. The predicted octanol–water partition coefficient (Wildman–Crippen LogP) is 13.2. The highest BCUT2D eigenvalue weighted by molar-refractivity contribution is 5.80. The molecule has 2 aromatic rings. The molecule has 7 N–H and O–H groups in total. The average molecular weight is 1980 g/mol. The summed E-state index contributed by atoms with van der Waals surface area (Å²) in [7, 11) is 6.44. The molecule has 0 unspecified atom stereocenters. The molecule has 0 radical (unpaired) electrons. The van der Waals surface area contributed by atoms with Crippen molar-refractivity contribution in [2.75, 3.05) is 41.7 Å². The third kappa shape index (κ3) is 23.2. The number of aromatic amines is 1. The lowest BCUT2D eigenvalue weighted by Gasteiger charge is -2.48. The fourth-order valence-electron chi connectivity index (χ4n) is 22.9. The Kier molecular flexibility index (Phi) is 34.7. The standard InChI is InChI=1S/C48H72O14.C47H70O14.C12H6F2N2O2/c1-11-25(2)43-28(5)17-18-47(62-43)23-34-20-33(61-47)16-15-27(4)42(26(3)13-12-14-32-24-55-45-40(49)29(6)19-35(46(51)58-34)48(32,45)52)59-39-22-37(54-10)44(31(8)57-39)60-38-21-36(53-9)41(50)30(7)56-38;1-24(2)41-27(5)16-17-46(61-41)22-33-19-32(60-46)15-14-26(4)42(25(3)12-11-13-31-23-54-44-39(48)28(6)18-34(45(50)57-33)47(31,44)51)58-38-21-36(53-10)43(30(8)56-38)59-37-20-35(52-9)40(49)29(7)55-37;13-12(14)17-10-3-1-2-8(11(10)18-12)9-6-16-5-7(9)4-15/h12-15,17-19,25-26,28,30-31,33-45,49-50,52H,11,16,20-24H2,1-10H3;11-14,16-18,24-25,27,29-30,32-44,48-49,51H,15,19-23H2,1-10H3;1-3,5-6,16H/b13-12+,27-15+,32-14+;12-11+,26-14+,31-13+;/t25-,26-,28-,30-,31-,33+,34-,35-,36-,37-,38-,39-,40+,41-,42-,43+,44-,45+,47+,48+;25-,27-,29-,30-,32+,33-,34-,35-,36-,37-,38-,39+,40-,41+,42-,43-,44+,46+,47+;/m00./s1. The number of nitriles is 1. The van der Waals surface area contributed by atoms with Crippen molar-refractivity contribution in [2.24, 2.45) is 47.3 Å². The first-order valence-electron chi connectivity index (χ1n) is 50.2. The Morgan fingerprint density at radius 1 is 0.518 bits per heavy atom. The number of aliphatic hydroxyl groups excluding tert-OH is 4. The fraction of sp³-hybridized carbons (Fsp3) is 0.692. The number of carbonyl (C=O) groups excluding carboxylic acids is 2. The molecule has 13 aliphatic heterocycles. The molecule has 8 saturated heterocycles. The first-order valence-corrected chi connectivity index (χ1v) is 50.2. The molecular formula is C107H148F2N2O30. The van der Waals surface area contributed by atoms with Crippen molar-refractivity contribution in [1.82, 2.24) is 4.98 Å². The molecule has 32 nitrogen and oxygen atoms in total. The zero-order valence-electron chi connectivity index (χ0n) is 84.6. The normalized spacial score (nSPS) is 44.9. The third-order valence-corrected chi connectivity index (χ3v) is 31.0. The van der Waals surface area contributed by atoms with Crippen molar-refractivity contribution in [2.45, 2.75) is 382 Å². The van der Waals surface area contributed by atoms with Crippen LogP contribution in [0.3, 0.4) is 0 Å². The van der Waals surface area contributed by atoms with E-state index in [0.717, 1.165) is 17.6 Å². The smallest absolute Gasteiger partial charge is 0.462 e. The number of aliphatic hydroxyl groups is 6. The number of para-hydroxylation sites is 1. The minimum atomic E-state index is -3.67. The largest absolute Gasteiger partial charge is 0.586 e. The fourth-order valence-corrected chi connectivity index (χ4v) is 22.9. The monoisotopic (exact) mass is 1980 g/mol. The number of alkyl halides is 2. The quantitative estimate of drug-likeness (QED) is 0.0606. The van der Waals surface area contributed by atoms with E-state index in [1.54, 1.807) is 98.8 Å². The molecule has 0 saturated carbocycles. The van der Waals surface area contributed by atoms with Gasteiger partial charge < -0.3 is 140 Å². The van der Waals surface area contributed by atoms with Crippen LogP contribution in [-0.2, 0) is 104 Å². The molecule has 141 heavy (non-hydrogen) atoms.